The lowest BCUT2D eigenvalue weighted by molar-refractivity contribution is 0.416. The molecule has 1 aromatic carbocycles. The van der Waals surface area contributed by atoms with Gasteiger partial charge < -0.3 is 4.74 Å². The Bertz CT molecular complexity index is 487. The van der Waals surface area contributed by atoms with Crippen molar-refractivity contribution in [3.8, 4) is 17.0 Å². The van der Waals surface area contributed by atoms with E-state index < -0.39 is 0 Å². The first-order valence-electron chi connectivity index (χ1n) is 4.04. The van der Waals surface area contributed by atoms with Crippen LogP contribution in [0.5, 0.6) is 5.75 Å². The second kappa shape index (κ2) is 4.35. The molecule has 0 saturated carbocycles. The summed E-state index contributed by atoms with van der Waals surface area (Å²) in [4.78, 5) is 0. The summed E-state index contributed by atoms with van der Waals surface area (Å²) in [6.07, 6.45) is 0. The predicted molar refractivity (Wildman–Crippen MR) is 61.9 cm³/mol. The van der Waals surface area contributed by atoms with Crippen molar-refractivity contribution >= 4 is 34.9 Å². The van der Waals surface area contributed by atoms with Gasteiger partial charge in [-0.1, -0.05) is 23.2 Å². The quantitative estimate of drug-likeness (QED) is 0.829. The smallest absolute Gasteiger partial charge is 0.171 e. The minimum atomic E-state index is 0.362. The van der Waals surface area contributed by atoms with Crippen molar-refractivity contribution in [2.24, 2.45) is 0 Å². The molecule has 3 nitrogen and oxygen atoms in total. The topological polar surface area (TPSA) is 35.0 Å². The minimum Gasteiger partial charge on any atom is -0.496 e. The van der Waals surface area contributed by atoms with Crippen LogP contribution in [0.3, 0.4) is 0 Å². The average Bonchev–Trinajstić information content (AvgIpc) is 2.64. The van der Waals surface area contributed by atoms with Gasteiger partial charge in [0, 0.05) is 10.6 Å². The highest BCUT2D eigenvalue weighted by atomic mass is 35.5. The molecule has 1 heterocycles. The van der Waals surface area contributed by atoms with Crippen LogP contribution < -0.4 is 4.74 Å². The van der Waals surface area contributed by atoms with Gasteiger partial charge in [-0.3, -0.25) is 0 Å². The Morgan fingerprint density at radius 2 is 2.07 bits per heavy atom. The molecule has 0 aliphatic carbocycles. The van der Waals surface area contributed by atoms with Gasteiger partial charge in [-0.15, -0.1) is 0 Å². The zero-order valence-corrected chi connectivity index (χ0v) is 10.0. The molecule has 6 heteroatoms. The summed E-state index contributed by atoms with van der Waals surface area (Å²) in [6, 6.07) is 5.27. The molecule has 0 aliphatic heterocycles. The molecule has 1 aromatic heterocycles. The van der Waals surface area contributed by atoms with E-state index in [2.05, 4.69) is 8.75 Å². The largest absolute Gasteiger partial charge is 0.496 e. The van der Waals surface area contributed by atoms with Crippen molar-refractivity contribution in [1.29, 1.82) is 0 Å². The predicted octanol–water partition coefficient (Wildman–Crippen LogP) is 3.52. The first-order valence-corrected chi connectivity index (χ1v) is 5.53. The molecule has 78 valence electrons. The Morgan fingerprint density at radius 3 is 2.67 bits per heavy atom. The standard InChI is InChI=1S/C9H6Cl2N2OS/c1-14-7-3-2-5(10)4-6(7)8-9(11)13-15-12-8/h2-4H,1H3. The maximum atomic E-state index is 5.90. The fourth-order valence-corrected chi connectivity index (χ4v) is 2.13. The van der Waals surface area contributed by atoms with Crippen molar-refractivity contribution in [3.05, 3.63) is 28.4 Å². The highest BCUT2D eigenvalue weighted by molar-refractivity contribution is 6.99. The lowest BCUT2D eigenvalue weighted by atomic mass is 10.1. The zero-order valence-electron chi connectivity index (χ0n) is 7.70. The van der Waals surface area contributed by atoms with Gasteiger partial charge >= 0.3 is 0 Å². The van der Waals surface area contributed by atoms with Crippen LogP contribution in [0.25, 0.3) is 11.3 Å². The second-order valence-corrected chi connectivity index (χ2v) is 4.07. The molecule has 0 spiro atoms. The molecule has 2 aromatic rings. The summed E-state index contributed by atoms with van der Waals surface area (Å²) in [6.45, 7) is 0. The third-order valence-electron chi connectivity index (χ3n) is 1.87. The fraction of sp³-hybridized carbons (Fsp3) is 0.111. The SMILES string of the molecule is COc1ccc(Cl)cc1-c1nsnc1Cl. The number of nitrogens with zero attached hydrogens (tertiary/aromatic N) is 2. The van der Waals surface area contributed by atoms with Gasteiger partial charge in [-0.05, 0) is 18.2 Å². The minimum absolute atomic E-state index is 0.362. The number of methoxy groups -OCH3 is 1. The van der Waals surface area contributed by atoms with Gasteiger partial charge in [0.1, 0.15) is 11.4 Å². The molecule has 0 N–H and O–H groups in total. The molecule has 0 aliphatic rings. The van der Waals surface area contributed by atoms with Crippen LogP contribution in [0.1, 0.15) is 0 Å². The van der Waals surface area contributed by atoms with Crippen LogP contribution in [-0.4, -0.2) is 15.9 Å². The second-order valence-electron chi connectivity index (χ2n) is 2.75. The van der Waals surface area contributed by atoms with Crippen molar-refractivity contribution in [2.75, 3.05) is 7.11 Å². The molecule has 0 fully saturated rings. The molecule has 0 atom stereocenters. The average molecular weight is 261 g/mol. The van der Waals surface area contributed by atoms with Crippen LogP contribution in [0.2, 0.25) is 10.2 Å². The van der Waals surface area contributed by atoms with E-state index in [1.165, 1.54) is 0 Å². The van der Waals surface area contributed by atoms with Crippen LogP contribution in [0.15, 0.2) is 18.2 Å². The molecular weight excluding hydrogens is 255 g/mol. The van der Waals surface area contributed by atoms with Crippen LogP contribution in [-0.2, 0) is 0 Å². The van der Waals surface area contributed by atoms with E-state index >= 15 is 0 Å². The van der Waals surface area contributed by atoms with Gasteiger partial charge in [0.05, 0.1) is 18.8 Å². The third kappa shape index (κ3) is 2.07. The van der Waals surface area contributed by atoms with Crippen molar-refractivity contribution in [1.82, 2.24) is 8.75 Å². The van der Waals surface area contributed by atoms with E-state index in [-0.39, 0.29) is 0 Å². The van der Waals surface area contributed by atoms with Gasteiger partial charge in [0.2, 0.25) is 0 Å². The molecule has 2 rings (SSSR count). The summed E-state index contributed by atoms with van der Waals surface area (Å²) in [7, 11) is 1.58. The third-order valence-corrected chi connectivity index (χ3v) is 2.99. The molecule has 0 bridgehead atoms. The number of halogens is 2. The summed E-state index contributed by atoms with van der Waals surface area (Å²) in [5, 5.41) is 0.968. The molecule has 0 unspecified atom stereocenters. The number of hydrogen-bond donors (Lipinski definition) is 0. The summed E-state index contributed by atoms with van der Waals surface area (Å²) >= 11 is 12.8. The fourth-order valence-electron chi connectivity index (χ4n) is 1.20. The Morgan fingerprint density at radius 1 is 1.27 bits per heavy atom. The zero-order chi connectivity index (χ0) is 10.8. The lowest BCUT2D eigenvalue weighted by Gasteiger charge is -2.06. The Kier molecular flexibility index (Phi) is 3.09. The van der Waals surface area contributed by atoms with Crippen LogP contribution in [0.4, 0.5) is 0 Å². The summed E-state index contributed by atoms with van der Waals surface area (Å²) in [5.41, 5.74) is 1.35. The van der Waals surface area contributed by atoms with Crippen LogP contribution in [0, 0.1) is 0 Å². The highest BCUT2D eigenvalue weighted by Crippen LogP contribution is 2.35. The van der Waals surface area contributed by atoms with Gasteiger partial charge in [0.25, 0.3) is 0 Å². The van der Waals surface area contributed by atoms with E-state index in [1.54, 1.807) is 25.3 Å². The van der Waals surface area contributed by atoms with Crippen LogP contribution >= 0.6 is 34.9 Å². The summed E-state index contributed by atoms with van der Waals surface area (Å²) < 4.78 is 13.2. The first kappa shape index (κ1) is 10.7. The number of rotatable bonds is 2. The lowest BCUT2D eigenvalue weighted by Crippen LogP contribution is -1.88. The molecule has 0 saturated heterocycles. The maximum Gasteiger partial charge on any atom is 0.171 e. The molecule has 0 radical (unpaired) electrons. The molecule has 15 heavy (non-hydrogen) atoms. The Hall–Kier alpha value is -0.840. The van der Waals surface area contributed by atoms with E-state index in [0.717, 1.165) is 17.3 Å². The number of ether oxygens (including phenoxy) is 1. The van der Waals surface area contributed by atoms with Gasteiger partial charge in [-0.25, -0.2) is 0 Å². The monoisotopic (exact) mass is 260 g/mol. The van der Waals surface area contributed by atoms with Gasteiger partial charge in [-0.2, -0.15) is 8.75 Å². The first-order chi connectivity index (χ1) is 7.22. The van der Waals surface area contributed by atoms with Crippen molar-refractivity contribution < 1.29 is 4.74 Å². The molecule has 0 amide bonds. The van der Waals surface area contributed by atoms with E-state index in [9.17, 15) is 0 Å². The Labute approximate surface area is 101 Å². The normalized spacial score (nSPS) is 10.3. The van der Waals surface area contributed by atoms with E-state index in [1.807, 2.05) is 0 Å². The van der Waals surface area contributed by atoms with Crippen molar-refractivity contribution in [2.45, 2.75) is 0 Å². The number of benzene rings is 1. The Balaban J connectivity index is 2.60. The van der Waals surface area contributed by atoms with E-state index in [0.29, 0.717) is 21.6 Å². The molecular formula is C9H6Cl2N2OS. The summed E-state index contributed by atoms with van der Waals surface area (Å²) in [5.74, 6) is 0.675. The van der Waals surface area contributed by atoms with Gasteiger partial charge in [0.15, 0.2) is 5.15 Å². The number of aromatic nitrogens is 2. The van der Waals surface area contributed by atoms with Crippen molar-refractivity contribution in [3.63, 3.8) is 0 Å². The van der Waals surface area contributed by atoms with E-state index in [4.69, 9.17) is 27.9 Å². The number of hydrogen-bond acceptors (Lipinski definition) is 4. The highest BCUT2D eigenvalue weighted by Gasteiger charge is 2.13. The maximum absolute atomic E-state index is 5.90.